The molecule has 0 saturated carbocycles. The highest BCUT2D eigenvalue weighted by Gasteiger charge is 2.37. The zero-order valence-corrected chi connectivity index (χ0v) is 12.8. The second-order valence-electron chi connectivity index (χ2n) is 5.92. The summed E-state index contributed by atoms with van der Waals surface area (Å²) >= 11 is 0. The minimum atomic E-state index is -1.63. The van der Waals surface area contributed by atoms with Crippen LogP contribution < -0.4 is 5.32 Å². The van der Waals surface area contributed by atoms with Gasteiger partial charge in [-0.2, -0.15) is 0 Å². The molecule has 0 aliphatic rings. The lowest BCUT2D eigenvalue weighted by Gasteiger charge is -2.37. The van der Waals surface area contributed by atoms with Gasteiger partial charge in [0.1, 0.15) is 0 Å². The minimum absolute atomic E-state index is 0.262. The molecule has 0 unspecified atom stereocenters. The summed E-state index contributed by atoms with van der Waals surface area (Å²) in [6.07, 6.45) is 1.81. The second kappa shape index (κ2) is 6.74. The first-order chi connectivity index (χ1) is 7.24. The van der Waals surface area contributed by atoms with Gasteiger partial charge in [-0.3, -0.25) is 0 Å². The van der Waals surface area contributed by atoms with Crippen molar-refractivity contribution in [3.05, 3.63) is 0 Å². The Kier molecular flexibility index (Phi) is 6.78. The maximum absolute atomic E-state index is 8.81. The van der Waals surface area contributed by atoms with Crippen molar-refractivity contribution in [2.45, 2.75) is 57.8 Å². The van der Waals surface area contributed by atoms with Crippen LogP contribution in [0.3, 0.4) is 0 Å². The molecular weight excluding hydrogens is 218 g/mol. The van der Waals surface area contributed by atoms with Gasteiger partial charge in [-0.15, -0.1) is 0 Å². The highest BCUT2D eigenvalue weighted by Crippen LogP contribution is 2.36. The largest absolute Gasteiger partial charge is 0.415 e. The zero-order chi connectivity index (χ0) is 12.8. The molecule has 0 aliphatic heterocycles. The molecule has 16 heavy (non-hydrogen) atoms. The molecule has 0 fully saturated rings. The van der Waals surface area contributed by atoms with E-state index in [2.05, 4.69) is 39.2 Å². The number of nitrogens with one attached hydrogen (secondary N) is 1. The van der Waals surface area contributed by atoms with E-state index in [-0.39, 0.29) is 11.6 Å². The van der Waals surface area contributed by atoms with Crippen molar-refractivity contribution in [2.24, 2.45) is 0 Å². The van der Waals surface area contributed by atoms with Crippen LogP contribution >= 0.6 is 0 Å². The molecule has 0 saturated heterocycles. The molecule has 0 rings (SSSR count). The topological polar surface area (TPSA) is 41.5 Å². The molecule has 0 amide bonds. The molecule has 0 spiro atoms. The molecule has 0 bridgehead atoms. The fraction of sp³-hybridized carbons (Fsp3) is 1.00. The number of aliphatic hydroxyl groups is 1. The van der Waals surface area contributed by atoms with Gasteiger partial charge in [0.2, 0.25) is 0 Å². The molecule has 4 heteroatoms. The van der Waals surface area contributed by atoms with Gasteiger partial charge >= 0.3 is 0 Å². The average molecular weight is 247 g/mol. The summed E-state index contributed by atoms with van der Waals surface area (Å²) in [4.78, 5) is 0. The fourth-order valence-corrected chi connectivity index (χ4v) is 2.22. The van der Waals surface area contributed by atoms with E-state index in [1.807, 2.05) is 7.05 Å². The summed E-state index contributed by atoms with van der Waals surface area (Å²) in [5, 5.41) is 12.3. The normalized spacial score (nSPS) is 15.2. The molecule has 3 nitrogen and oxygen atoms in total. The second-order valence-corrected chi connectivity index (χ2v) is 10.7. The predicted molar refractivity (Wildman–Crippen MR) is 72.3 cm³/mol. The Morgan fingerprint density at radius 2 is 1.88 bits per heavy atom. The number of hydrogen-bond donors (Lipinski definition) is 2. The van der Waals surface area contributed by atoms with E-state index < -0.39 is 8.32 Å². The molecule has 1 atom stereocenters. The van der Waals surface area contributed by atoms with E-state index in [4.69, 9.17) is 9.53 Å². The molecule has 0 aromatic rings. The van der Waals surface area contributed by atoms with Crippen LogP contribution in [0.15, 0.2) is 0 Å². The van der Waals surface area contributed by atoms with Gasteiger partial charge in [-0.1, -0.05) is 20.8 Å². The number of likely N-dealkylation sites (N-methyl/N-ethyl adjacent to an activating group) is 1. The Labute approximate surface area is 102 Å². The summed E-state index contributed by atoms with van der Waals surface area (Å²) in [6, 6.07) is 0.362. The van der Waals surface area contributed by atoms with E-state index in [0.717, 1.165) is 19.4 Å². The van der Waals surface area contributed by atoms with E-state index in [1.54, 1.807) is 0 Å². The highest BCUT2D eigenvalue weighted by molar-refractivity contribution is 6.74. The number of aliphatic hydroxyl groups excluding tert-OH is 1. The first-order valence-corrected chi connectivity index (χ1v) is 9.07. The van der Waals surface area contributed by atoms with Gasteiger partial charge in [-0.05, 0) is 38.0 Å². The van der Waals surface area contributed by atoms with Gasteiger partial charge < -0.3 is 14.8 Å². The quantitative estimate of drug-likeness (QED) is 0.679. The Bertz CT molecular complexity index is 190. The van der Waals surface area contributed by atoms with Crippen molar-refractivity contribution < 1.29 is 9.53 Å². The zero-order valence-electron chi connectivity index (χ0n) is 11.8. The monoisotopic (exact) mass is 247 g/mol. The first kappa shape index (κ1) is 16.1. The third-order valence-electron chi connectivity index (χ3n) is 3.57. The smallest absolute Gasteiger partial charge is 0.192 e. The van der Waals surface area contributed by atoms with Gasteiger partial charge in [0.15, 0.2) is 8.32 Å². The van der Waals surface area contributed by atoms with Crippen molar-refractivity contribution >= 4 is 8.32 Å². The summed E-state index contributed by atoms with van der Waals surface area (Å²) in [6.45, 7) is 12.3. The van der Waals surface area contributed by atoms with E-state index in [0.29, 0.717) is 6.04 Å². The van der Waals surface area contributed by atoms with Crippen molar-refractivity contribution in [2.75, 3.05) is 20.3 Å². The third-order valence-corrected chi connectivity index (χ3v) is 8.07. The molecule has 2 N–H and O–H groups in total. The van der Waals surface area contributed by atoms with E-state index in [1.165, 1.54) is 0 Å². The van der Waals surface area contributed by atoms with Crippen LogP contribution in [0.5, 0.6) is 0 Å². The van der Waals surface area contributed by atoms with Crippen LogP contribution in [-0.2, 0) is 4.43 Å². The van der Waals surface area contributed by atoms with Crippen LogP contribution in [0.25, 0.3) is 0 Å². The lowest BCUT2D eigenvalue weighted by atomic mass is 10.2. The Morgan fingerprint density at radius 3 is 2.25 bits per heavy atom. The Balaban J connectivity index is 4.10. The van der Waals surface area contributed by atoms with Crippen molar-refractivity contribution in [3.63, 3.8) is 0 Å². The van der Waals surface area contributed by atoms with E-state index in [9.17, 15) is 0 Å². The molecule has 0 aromatic heterocycles. The molecular formula is C12H29NO2Si. The maximum atomic E-state index is 8.81. The van der Waals surface area contributed by atoms with Gasteiger partial charge in [0.25, 0.3) is 0 Å². The third kappa shape index (κ3) is 5.43. The average Bonchev–Trinajstić information content (AvgIpc) is 2.16. The maximum Gasteiger partial charge on any atom is 0.192 e. The van der Waals surface area contributed by atoms with Gasteiger partial charge in [0.05, 0.1) is 0 Å². The van der Waals surface area contributed by atoms with Crippen LogP contribution in [-0.4, -0.2) is 39.7 Å². The SMILES string of the molecule is CN[C@@H](CCCO)CO[Si](C)(C)C(C)(C)C. The summed E-state index contributed by atoms with van der Waals surface area (Å²) in [5.74, 6) is 0. The van der Waals surface area contributed by atoms with Gasteiger partial charge in [-0.25, -0.2) is 0 Å². The van der Waals surface area contributed by atoms with Crippen molar-refractivity contribution in [1.82, 2.24) is 5.32 Å². The standard InChI is InChI=1S/C12H29NO2Si/c1-12(2,3)16(5,6)15-10-11(13-4)8-7-9-14/h11,13-14H,7-10H2,1-6H3/t11-/m0/s1. The molecule has 0 heterocycles. The summed E-state index contributed by atoms with van der Waals surface area (Å²) in [5.41, 5.74) is 0. The first-order valence-electron chi connectivity index (χ1n) is 6.16. The Morgan fingerprint density at radius 1 is 1.31 bits per heavy atom. The van der Waals surface area contributed by atoms with Crippen LogP contribution in [0.4, 0.5) is 0 Å². The molecule has 0 radical (unpaired) electrons. The van der Waals surface area contributed by atoms with E-state index >= 15 is 0 Å². The van der Waals surface area contributed by atoms with Crippen molar-refractivity contribution in [3.8, 4) is 0 Å². The summed E-state index contributed by atoms with van der Waals surface area (Å²) < 4.78 is 6.14. The lowest BCUT2D eigenvalue weighted by molar-refractivity contribution is 0.224. The van der Waals surface area contributed by atoms with Crippen LogP contribution in [0.2, 0.25) is 18.1 Å². The molecule has 98 valence electrons. The minimum Gasteiger partial charge on any atom is -0.415 e. The van der Waals surface area contributed by atoms with Crippen molar-refractivity contribution in [1.29, 1.82) is 0 Å². The number of hydrogen-bond acceptors (Lipinski definition) is 3. The Hall–Kier alpha value is 0.0969. The van der Waals surface area contributed by atoms with Crippen LogP contribution in [0.1, 0.15) is 33.6 Å². The van der Waals surface area contributed by atoms with Crippen LogP contribution in [0, 0.1) is 0 Å². The lowest BCUT2D eigenvalue weighted by Crippen LogP contribution is -2.44. The fourth-order valence-electron chi connectivity index (χ4n) is 1.17. The molecule has 0 aromatic carbocycles. The molecule has 0 aliphatic carbocycles. The number of rotatable bonds is 7. The highest BCUT2D eigenvalue weighted by atomic mass is 28.4. The predicted octanol–water partition coefficient (Wildman–Crippen LogP) is 2.37. The van der Waals surface area contributed by atoms with Gasteiger partial charge in [0, 0.05) is 19.3 Å². The summed E-state index contributed by atoms with van der Waals surface area (Å²) in [7, 11) is 0.330.